The van der Waals surface area contributed by atoms with Gasteiger partial charge in [0.25, 0.3) is 0 Å². The van der Waals surface area contributed by atoms with E-state index >= 15 is 0 Å². The zero-order valence-corrected chi connectivity index (χ0v) is 14.8. The third kappa shape index (κ3) is 3.86. The maximum atomic E-state index is 12.7. The summed E-state index contributed by atoms with van der Waals surface area (Å²) in [5.41, 5.74) is 0.690. The van der Waals surface area contributed by atoms with Crippen molar-refractivity contribution in [3.63, 3.8) is 0 Å². The van der Waals surface area contributed by atoms with Gasteiger partial charge in [0.05, 0.1) is 17.7 Å². The number of carbonyl (C=O) groups is 2. The lowest BCUT2D eigenvalue weighted by Gasteiger charge is -2.23. The highest BCUT2D eigenvalue weighted by molar-refractivity contribution is 7.99. The number of thioether (sulfide) groups is 1. The summed E-state index contributed by atoms with van der Waals surface area (Å²) >= 11 is 1.62. The van der Waals surface area contributed by atoms with Crippen LogP contribution in [0.2, 0.25) is 0 Å². The molecule has 6 heteroatoms. The molecule has 2 fully saturated rings. The van der Waals surface area contributed by atoms with E-state index in [0.717, 1.165) is 18.6 Å². The van der Waals surface area contributed by atoms with Gasteiger partial charge in [-0.15, -0.1) is 11.8 Å². The lowest BCUT2D eigenvalue weighted by atomic mass is 10.2. The van der Waals surface area contributed by atoms with Crippen LogP contribution in [-0.4, -0.2) is 40.5 Å². The molecule has 24 heavy (non-hydrogen) atoms. The number of para-hydroxylation sites is 2. The number of nitrogens with zero attached hydrogens (tertiary/aromatic N) is 1. The molecule has 1 aliphatic carbocycles. The van der Waals surface area contributed by atoms with Crippen molar-refractivity contribution in [2.24, 2.45) is 0 Å². The maximum absolute atomic E-state index is 12.7. The van der Waals surface area contributed by atoms with Crippen molar-refractivity contribution >= 4 is 29.3 Å². The number of hydrogen-bond donors (Lipinski definition) is 1. The van der Waals surface area contributed by atoms with Crippen molar-refractivity contribution in [3.05, 3.63) is 24.3 Å². The van der Waals surface area contributed by atoms with Gasteiger partial charge in [-0.05, 0) is 37.8 Å². The van der Waals surface area contributed by atoms with E-state index in [1.165, 1.54) is 12.8 Å². The van der Waals surface area contributed by atoms with E-state index in [1.54, 1.807) is 16.7 Å². The molecule has 1 aliphatic heterocycles. The standard InChI is InChI=1S/C18H24N2O3S/c1-2-17(21)20-12-24-11-15(20)18(22)19-14-9-5-6-10-16(14)23-13-7-3-4-8-13/h5-6,9-10,13,15H,2-4,7-8,11-12H2,1H3,(H,19,22)/t15-/m0/s1. The van der Waals surface area contributed by atoms with Crippen LogP contribution in [-0.2, 0) is 9.59 Å². The summed E-state index contributed by atoms with van der Waals surface area (Å²) in [4.78, 5) is 26.3. The lowest BCUT2D eigenvalue weighted by Crippen LogP contribution is -2.44. The number of nitrogens with one attached hydrogen (secondary N) is 1. The second-order valence-corrected chi connectivity index (χ2v) is 7.24. The van der Waals surface area contributed by atoms with Gasteiger partial charge in [0.15, 0.2) is 0 Å². The third-order valence-electron chi connectivity index (χ3n) is 4.55. The number of rotatable bonds is 5. The van der Waals surface area contributed by atoms with E-state index in [2.05, 4.69) is 5.32 Å². The molecule has 0 spiro atoms. The molecular formula is C18H24N2O3S. The molecular weight excluding hydrogens is 324 g/mol. The molecule has 130 valence electrons. The Morgan fingerprint density at radius 1 is 1.29 bits per heavy atom. The Morgan fingerprint density at radius 3 is 2.79 bits per heavy atom. The molecule has 1 heterocycles. The third-order valence-corrected chi connectivity index (χ3v) is 5.56. The molecule has 1 N–H and O–H groups in total. The molecule has 0 unspecified atom stereocenters. The second-order valence-electron chi connectivity index (χ2n) is 6.24. The van der Waals surface area contributed by atoms with E-state index in [9.17, 15) is 9.59 Å². The summed E-state index contributed by atoms with van der Waals surface area (Å²) in [6.45, 7) is 1.82. The summed E-state index contributed by atoms with van der Waals surface area (Å²) in [7, 11) is 0. The van der Waals surface area contributed by atoms with Crippen molar-refractivity contribution in [1.29, 1.82) is 0 Å². The van der Waals surface area contributed by atoms with Crippen LogP contribution < -0.4 is 10.1 Å². The first-order valence-corrected chi connectivity index (χ1v) is 9.78. The Bertz CT molecular complexity index is 602. The number of amides is 2. The van der Waals surface area contributed by atoms with Gasteiger partial charge in [0.1, 0.15) is 11.8 Å². The first-order chi connectivity index (χ1) is 11.7. The average Bonchev–Trinajstić information content (AvgIpc) is 3.27. The molecule has 1 atom stereocenters. The normalized spacial score (nSPS) is 21.0. The molecule has 2 amide bonds. The van der Waals surface area contributed by atoms with E-state index < -0.39 is 6.04 Å². The number of ether oxygens (including phenoxy) is 1. The minimum Gasteiger partial charge on any atom is -0.488 e. The van der Waals surface area contributed by atoms with Crippen molar-refractivity contribution in [1.82, 2.24) is 4.90 Å². The topological polar surface area (TPSA) is 58.6 Å². The van der Waals surface area contributed by atoms with Crippen LogP contribution in [0.15, 0.2) is 24.3 Å². The molecule has 1 saturated heterocycles. The monoisotopic (exact) mass is 348 g/mol. The predicted molar refractivity (Wildman–Crippen MR) is 96.2 cm³/mol. The Labute approximate surface area is 147 Å². The number of carbonyl (C=O) groups excluding carboxylic acids is 2. The summed E-state index contributed by atoms with van der Waals surface area (Å²) in [6.07, 6.45) is 5.20. The zero-order valence-electron chi connectivity index (χ0n) is 14.0. The van der Waals surface area contributed by atoms with E-state index in [0.29, 0.717) is 23.7 Å². The van der Waals surface area contributed by atoms with Crippen molar-refractivity contribution in [3.8, 4) is 5.75 Å². The Hall–Kier alpha value is -1.69. The highest BCUT2D eigenvalue weighted by Gasteiger charge is 2.34. The second kappa shape index (κ2) is 7.92. The minimum absolute atomic E-state index is 0.0237. The average molecular weight is 348 g/mol. The lowest BCUT2D eigenvalue weighted by molar-refractivity contribution is -0.135. The molecule has 1 saturated carbocycles. The van der Waals surface area contributed by atoms with Crippen molar-refractivity contribution < 1.29 is 14.3 Å². The summed E-state index contributed by atoms with van der Waals surface area (Å²) in [5.74, 6) is 1.84. The smallest absolute Gasteiger partial charge is 0.248 e. The van der Waals surface area contributed by atoms with Crippen LogP contribution in [0.4, 0.5) is 5.69 Å². The Morgan fingerprint density at radius 2 is 2.04 bits per heavy atom. The van der Waals surface area contributed by atoms with E-state index in [-0.39, 0.29) is 17.9 Å². The van der Waals surface area contributed by atoms with E-state index in [1.807, 2.05) is 31.2 Å². The zero-order chi connectivity index (χ0) is 16.9. The molecule has 1 aromatic rings. The van der Waals surface area contributed by atoms with E-state index in [4.69, 9.17) is 4.74 Å². The SMILES string of the molecule is CCC(=O)N1CSC[C@H]1C(=O)Nc1ccccc1OC1CCCC1. The number of hydrogen-bond acceptors (Lipinski definition) is 4. The van der Waals surface area contributed by atoms with Crippen molar-refractivity contribution in [2.75, 3.05) is 16.9 Å². The molecule has 3 rings (SSSR count). The molecule has 0 radical (unpaired) electrons. The van der Waals surface area contributed by atoms with Crippen LogP contribution in [0.25, 0.3) is 0 Å². The van der Waals surface area contributed by atoms with Crippen molar-refractivity contribution in [2.45, 2.75) is 51.2 Å². The van der Waals surface area contributed by atoms with Crippen LogP contribution in [0.5, 0.6) is 5.75 Å². The molecule has 0 aromatic heterocycles. The molecule has 5 nitrogen and oxygen atoms in total. The quantitative estimate of drug-likeness (QED) is 0.887. The highest BCUT2D eigenvalue weighted by Crippen LogP contribution is 2.30. The number of anilines is 1. The largest absolute Gasteiger partial charge is 0.488 e. The fourth-order valence-electron chi connectivity index (χ4n) is 3.18. The van der Waals surface area contributed by atoms with Gasteiger partial charge in [-0.2, -0.15) is 0 Å². The molecule has 1 aromatic carbocycles. The summed E-state index contributed by atoms with van der Waals surface area (Å²) in [5, 5.41) is 2.96. The van der Waals surface area contributed by atoms with Gasteiger partial charge < -0.3 is 15.0 Å². The summed E-state index contributed by atoms with van der Waals surface area (Å²) in [6, 6.07) is 7.15. The minimum atomic E-state index is -0.401. The predicted octanol–water partition coefficient (Wildman–Crippen LogP) is 3.26. The van der Waals surface area contributed by atoms with Gasteiger partial charge in [0, 0.05) is 12.2 Å². The number of benzene rings is 1. The molecule has 2 aliphatic rings. The van der Waals surface area contributed by atoms with Crippen LogP contribution in [0.1, 0.15) is 39.0 Å². The molecule has 0 bridgehead atoms. The highest BCUT2D eigenvalue weighted by atomic mass is 32.2. The van der Waals surface area contributed by atoms with Gasteiger partial charge in [-0.25, -0.2) is 0 Å². The first-order valence-electron chi connectivity index (χ1n) is 8.62. The van der Waals surface area contributed by atoms with Gasteiger partial charge in [-0.1, -0.05) is 19.1 Å². The maximum Gasteiger partial charge on any atom is 0.248 e. The van der Waals surface area contributed by atoms with Crippen LogP contribution in [0, 0.1) is 0 Å². The fourth-order valence-corrected chi connectivity index (χ4v) is 4.36. The van der Waals surface area contributed by atoms with Gasteiger partial charge in [0.2, 0.25) is 11.8 Å². The first kappa shape index (κ1) is 17.1. The van der Waals surface area contributed by atoms with Gasteiger partial charge in [-0.3, -0.25) is 9.59 Å². The van der Waals surface area contributed by atoms with Crippen LogP contribution in [0.3, 0.4) is 0 Å². The fraction of sp³-hybridized carbons (Fsp3) is 0.556. The Balaban J connectivity index is 1.68. The van der Waals surface area contributed by atoms with Gasteiger partial charge >= 0.3 is 0 Å². The summed E-state index contributed by atoms with van der Waals surface area (Å²) < 4.78 is 6.06. The van der Waals surface area contributed by atoms with Crippen LogP contribution >= 0.6 is 11.8 Å². The Kier molecular flexibility index (Phi) is 5.66.